The standard InChI is InChI=1S/C13H26N2O/c1-9(2)12(14)8-13(16)15-10(3)11-6-4-5-7-11/h9-12H,4-8,14H2,1-3H3,(H,15,16)/t10-,12?/m0/s1. The first kappa shape index (κ1) is 13.5. The highest BCUT2D eigenvalue weighted by Gasteiger charge is 2.23. The van der Waals surface area contributed by atoms with Gasteiger partial charge in [0.15, 0.2) is 0 Å². The second kappa shape index (κ2) is 6.24. The molecular formula is C13H26N2O. The Bertz CT molecular complexity index is 222. The second-order valence-corrected chi connectivity index (χ2v) is 5.51. The molecule has 3 nitrogen and oxygen atoms in total. The van der Waals surface area contributed by atoms with Gasteiger partial charge in [-0.1, -0.05) is 26.7 Å². The van der Waals surface area contributed by atoms with Crippen molar-refractivity contribution in [3.63, 3.8) is 0 Å². The molecule has 1 saturated carbocycles. The summed E-state index contributed by atoms with van der Waals surface area (Å²) in [6.07, 6.45) is 5.61. The topological polar surface area (TPSA) is 55.1 Å². The van der Waals surface area contributed by atoms with Gasteiger partial charge >= 0.3 is 0 Å². The molecule has 0 heterocycles. The normalized spacial score (nSPS) is 21.1. The van der Waals surface area contributed by atoms with Crippen LogP contribution in [0.4, 0.5) is 0 Å². The fourth-order valence-corrected chi connectivity index (χ4v) is 2.34. The van der Waals surface area contributed by atoms with Crippen molar-refractivity contribution >= 4 is 5.91 Å². The number of hydrogen-bond acceptors (Lipinski definition) is 2. The summed E-state index contributed by atoms with van der Waals surface area (Å²) in [5.41, 5.74) is 5.89. The summed E-state index contributed by atoms with van der Waals surface area (Å²) in [6, 6.07) is 0.296. The number of carbonyl (C=O) groups excluding carboxylic acids is 1. The maximum absolute atomic E-state index is 11.7. The van der Waals surface area contributed by atoms with E-state index in [1.807, 2.05) is 0 Å². The van der Waals surface area contributed by atoms with Crippen LogP contribution in [0.1, 0.15) is 52.9 Å². The molecule has 1 aliphatic rings. The third-order valence-corrected chi connectivity index (χ3v) is 3.77. The summed E-state index contributed by atoms with van der Waals surface area (Å²) in [7, 11) is 0. The molecule has 0 radical (unpaired) electrons. The molecule has 1 rings (SSSR count). The Labute approximate surface area is 99.2 Å². The van der Waals surface area contributed by atoms with Crippen LogP contribution in [0.3, 0.4) is 0 Å². The molecule has 0 saturated heterocycles. The van der Waals surface area contributed by atoms with Crippen LogP contribution in [0.5, 0.6) is 0 Å². The molecule has 16 heavy (non-hydrogen) atoms. The summed E-state index contributed by atoms with van der Waals surface area (Å²) < 4.78 is 0. The predicted octanol–water partition coefficient (Wildman–Crippen LogP) is 2.05. The van der Waals surface area contributed by atoms with Crippen LogP contribution >= 0.6 is 0 Å². The van der Waals surface area contributed by atoms with E-state index in [0.29, 0.717) is 24.3 Å². The van der Waals surface area contributed by atoms with Gasteiger partial charge in [0, 0.05) is 18.5 Å². The van der Waals surface area contributed by atoms with Gasteiger partial charge in [0.2, 0.25) is 5.91 Å². The van der Waals surface area contributed by atoms with Crippen molar-refractivity contribution in [2.45, 2.75) is 65.0 Å². The summed E-state index contributed by atoms with van der Waals surface area (Å²) >= 11 is 0. The molecular weight excluding hydrogens is 200 g/mol. The van der Waals surface area contributed by atoms with Crippen LogP contribution in [0.15, 0.2) is 0 Å². The molecule has 0 aromatic rings. The third kappa shape index (κ3) is 4.12. The van der Waals surface area contributed by atoms with Crippen molar-refractivity contribution in [2.24, 2.45) is 17.6 Å². The van der Waals surface area contributed by atoms with Gasteiger partial charge in [0.25, 0.3) is 0 Å². The minimum atomic E-state index is -0.0178. The van der Waals surface area contributed by atoms with Crippen LogP contribution in [0.2, 0.25) is 0 Å². The number of rotatable bonds is 5. The number of carbonyl (C=O) groups is 1. The van der Waals surface area contributed by atoms with Gasteiger partial charge in [-0.3, -0.25) is 4.79 Å². The molecule has 94 valence electrons. The second-order valence-electron chi connectivity index (χ2n) is 5.51. The molecule has 3 heteroatoms. The lowest BCUT2D eigenvalue weighted by Gasteiger charge is -2.22. The largest absolute Gasteiger partial charge is 0.353 e. The molecule has 2 atom stereocenters. The van der Waals surface area contributed by atoms with Crippen molar-refractivity contribution in [3.8, 4) is 0 Å². The number of hydrogen-bond donors (Lipinski definition) is 2. The highest BCUT2D eigenvalue weighted by atomic mass is 16.1. The number of nitrogens with two attached hydrogens (primary N) is 1. The Kier molecular flexibility index (Phi) is 5.26. The molecule has 3 N–H and O–H groups in total. The number of nitrogens with one attached hydrogen (secondary N) is 1. The molecule has 0 aromatic heterocycles. The lowest BCUT2D eigenvalue weighted by Crippen LogP contribution is -2.41. The number of amides is 1. The first-order chi connectivity index (χ1) is 7.50. The van der Waals surface area contributed by atoms with E-state index in [9.17, 15) is 4.79 Å². The highest BCUT2D eigenvalue weighted by Crippen LogP contribution is 2.27. The highest BCUT2D eigenvalue weighted by molar-refractivity contribution is 5.76. The Balaban J connectivity index is 2.27. The Hall–Kier alpha value is -0.570. The van der Waals surface area contributed by atoms with E-state index in [4.69, 9.17) is 5.73 Å². The van der Waals surface area contributed by atoms with Crippen LogP contribution < -0.4 is 11.1 Å². The Morgan fingerprint density at radius 3 is 2.38 bits per heavy atom. The monoisotopic (exact) mass is 226 g/mol. The van der Waals surface area contributed by atoms with E-state index in [1.54, 1.807) is 0 Å². The van der Waals surface area contributed by atoms with E-state index in [0.717, 1.165) is 0 Å². The molecule has 0 aliphatic heterocycles. The van der Waals surface area contributed by atoms with E-state index < -0.39 is 0 Å². The summed E-state index contributed by atoms with van der Waals surface area (Å²) in [6.45, 7) is 6.23. The quantitative estimate of drug-likeness (QED) is 0.754. The smallest absolute Gasteiger partial charge is 0.221 e. The maximum Gasteiger partial charge on any atom is 0.221 e. The van der Waals surface area contributed by atoms with Gasteiger partial charge in [-0.05, 0) is 31.6 Å². The molecule has 0 spiro atoms. The molecule has 1 aliphatic carbocycles. The zero-order valence-corrected chi connectivity index (χ0v) is 10.8. The average Bonchev–Trinajstić information content (AvgIpc) is 2.69. The summed E-state index contributed by atoms with van der Waals surface area (Å²) in [5.74, 6) is 1.16. The van der Waals surface area contributed by atoms with Gasteiger partial charge in [-0.2, -0.15) is 0 Å². The lowest BCUT2D eigenvalue weighted by molar-refractivity contribution is -0.122. The van der Waals surface area contributed by atoms with E-state index in [2.05, 4.69) is 26.1 Å². The maximum atomic E-state index is 11.7. The van der Waals surface area contributed by atoms with Crippen molar-refractivity contribution < 1.29 is 4.79 Å². The van der Waals surface area contributed by atoms with Crippen LogP contribution in [-0.2, 0) is 4.79 Å². The molecule has 0 bridgehead atoms. The molecule has 0 aromatic carbocycles. The van der Waals surface area contributed by atoms with Gasteiger partial charge in [-0.15, -0.1) is 0 Å². The van der Waals surface area contributed by atoms with Crippen molar-refractivity contribution in [1.29, 1.82) is 0 Å². The van der Waals surface area contributed by atoms with Gasteiger partial charge in [-0.25, -0.2) is 0 Å². The zero-order chi connectivity index (χ0) is 12.1. The average molecular weight is 226 g/mol. The predicted molar refractivity (Wildman–Crippen MR) is 67.0 cm³/mol. The van der Waals surface area contributed by atoms with Crippen LogP contribution in [-0.4, -0.2) is 18.0 Å². The Morgan fingerprint density at radius 1 is 1.31 bits per heavy atom. The van der Waals surface area contributed by atoms with Crippen molar-refractivity contribution in [1.82, 2.24) is 5.32 Å². The minimum absolute atomic E-state index is 0.0178. The van der Waals surface area contributed by atoms with Crippen molar-refractivity contribution in [2.75, 3.05) is 0 Å². The van der Waals surface area contributed by atoms with Crippen LogP contribution in [0, 0.1) is 11.8 Å². The van der Waals surface area contributed by atoms with E-state index in [-0.39, 0.29) is 11.9 Å². The summed E-state index contributed by atoms with van der Waals surface area (Å²) in [4.78, 5) is 11.7. The summed E-state index contributed by atoms with van der Waals surface area (Å²) in [5, 5.41) is 3.09. The Morgan fingerprint density at radius 2 is 1.88 bits per heavy atom. The van der Waals surface area contributed by atoms with E-state index in [1.165, 1.54) is 25.7 Å². The van der Waals surface area contributed by atoms with Gasteiger partial charge < -0.3 is 11.1 Å². The molecule has 1 amide bonds. The van der Waals surface area contributed by atoms with Gasteiger partial charge in [0.1, 0.15) is 0 Å². The third-order valence-electron chi connectivity index (χ3n) is 3.77. The zero-order valence-electron chi connectivity index (χ0n) is 10.8. The lowest BCUT2D eigenvalue weighted by atomic mass is 9.98. The van der Waals surface area contributed by atoms with Crippen molar-refractivity contribution in [3.05, 3.63) is 0 Å². The first-order valence-corrected chi connectivity index (χ1v) is 6.55. The molecule has 1 unspecified atom stereocenters. The van der Waals surface area contributed by atoms with E-state index >= 15 is 0 Å². The fraction of sp³-hybridized carbons (Fsp3) is 0.923. The minimum Gasteiger partial charge on any atom is -0.353 e. The van der Waals surface area contributed by atoms with Gasteiger partial charge in [0.05, 0.1) is 0 Å². The molecule has 1 fully saturated rings. The fourth-order valence-electron chi connectivity index (χ4n) is 2.34. The van der Waals surface area contributed by atoms with Crippen LogP contribution in [0.25, 0.3) is 0 Å². The SMILES string of the molecule is CC(C)C(N)CC(=O)N[C@@H](C)C1CCCC1. The first-order valence-electron chi connectivity index (χ1n) is 6.55.